The highest BCUT2D eigenvalue weighted by molar-refractivity contribution is 5.79. The molecular formula is C17H29N5O2. The number of H-pyrrole nitrogens is 1. The summed E-state index contributed by atoms with van der Waals surface area (Å²) >= 11 is 0. The molecule has 0 unspecified atom stereocenters. The molecule has 1 N–H and O–H groups in total. The predicted molar refractivity (Wildman–Crippen MR) is 91.1 cm³/mol. The molecule has 24 heavy (non-hydrogen) atoms. The smallest absolute Gasteiger partial charge is 0.223 e. The highest BCUT2D eigenvalue weighted by atomic mass is 16.2. The first kappa shape index (κ1) is 18.4. The van der Waals surface area contributed by atoms with Gasteiger partial charge in [-0.15, -0.1) is 0 Å². The number of rotatable bonds is 5. The van der Waals surface area contributed by atoms with Crippen molar-refractivity contribution < 1.29 is 9.59 Å². The molecule has 134 valence electrons. The maximum atomic E-state index is 12.6. The van der Waals surface area contributed by atoms with Gasteiger partial charge in [-0.05, 0) is 18.8 Å². The van der Waals surface area contributed by atoms with Crippen LogP contribution in [0.1, 0.15) is 58.2 Å². The Kier molecular flexibility index (Phi) is 5.96. The third kappa shape index (κ3) is 4.55. The number of aromatic nitrogens is 3. The van der Waals surface area contributed by atoms with E-state index in [1.165, 1.54) is 0 Å². The molecule has 1 aliphatic rings. The standard InChI is InChI=1S/C17H29N5O2/c1-11(2)8-15(23)21-6-7-22(16(24)9-12(3)4)14(10-21)17-18-13(5)19-20-17/h11-12,14H,6-10H2,1-5H3,(H,18,19,20)/t14-/m1/s1. The van der Waals surface area contributed by atoms with Gasteiger partial charge in [0.2, 0.25) is 11.8 Å². The van der Waals surface area contributed by atoms with Gasteiger partial charge >= 0.3 is 0 Å². The Morgan fingerprint density at radius 2 is 1.75 bits per heavy atom. The lowest BCUT2D eigenvalue weighted by molar-refractivity contribution is -0.144. The monoisotopic (exact) mass is 335 g/mol. The van der Waals surface area contributed by atoms with Crippen LogP contribution >= 0.6 is 0 Å². The summed E-state index contributed by atoms with van der Waals surface area (Å²) in [6, 6.07) is -0.272. The van der Waals surface area contributed by atoms with Gasteiger partial charge in [-0.1, -0.05) is 27.7 Å². The average molecular weight is 335 g/mol. The Morgan fingerprint density at radius 3 is 2.29 bits per heavy atom. The van der Waals surface area contributed by atoms with Crippen molar-refractivity contribution in [2.75, 3.05) is 19.6 Å². The van der Waals surface area contributed by atoms with Gasteiger partial charge in [-0.25, -0.2) is 4.98 Å². The second-order valence-corrected chi connectivity index (χ2v) is 7.42. The number of aryl methyl sites for hydroxylation is 1. The van der Waals surface area contributed by atoms with Gasteiger partial charge in [0.1, 0.15) is 11.9 Å². The van der Waals surface area contributed by atoms with Crippen molar-refractivity contribution >= 4 is 11.8 Å². The fourth-order valence-corrected chi connectivity index (χ4v) is 2.98. The summed E-state index contributed by atoms with van der Waals surface area (Å²) in [6.07, 6.45) is 1.03. The van der Waals surface area contributed by atoms with Crippen LogP contribution in [0.5, 0.6) is 0 Å². The van der Waals surface area contributed by atoms with Crippen LogP contribution in [-0.2, 0) is 9.59 Å². The lowest BCUT2D eigenvalue weighted by Crippen LogP contribution is -2.53. The summed E-state index contributed by atoms with van der Waals surface area (Å²) in [5, 5.41) is 7.08. The highest BCUT2D eigenvalue weighted by Gasteiger charge is 2.35. The zero-order valence-electron chi connectivity index (χ0n) is 15.4. The first-order chi connectivity index (χ1) is 11.3. The van der Waals surface area contributed by atoms with Gasteiger partial charge < -0.3 is 9.80 Å². The third-order valence-corrected chi connectivity index (χ3v) is 4.13. The van der Waals surface area contributed by atoms with Gasteiger partial charge in [0.05, 0.1) is 0 Å². The Morgan fingerprint density at radius 1 is 1.12 bits per heavy atom. The Hall–Kier alpha value is -1.92. The van der Waals surface area contributed by atoms with Gasteiger partial charge in [-0.3, -0.25) is 14.7 Å². The number of aromatic amines is 1. The van der Waals surface area contributed by atoms with E-state index in [1.54, 1.807) is 0 Å². The number of hydrogen-bond acceptors (Lipinski definition) is 4. The van der Waals surface area contributed by atoms with E-state index in [0.29, 0.717) is 56.0 Å². The molecule has 1 fully saturated rings. The third-order valence-electron chi connectivity index (χ3n) is 4.13. The largest absolute Gasteiger partial charge is 0.338 e. The molecule has 2 heterocycles. The number of carbonyl (C=O) groups is 2. The van der Waals surface area contributed by atoms with Crippen molar-refractivity contribution in [3.05, 3.63) is 11.6 Å². The van der Waals surface area contributed by atoms with Crippen LogP contribution in [0.2, 0.25) is 0 Å². The van der Waals surface area contributed by atoms with E-state index in [1.807, 2.05) is 44.4 Å². The second-order valence-electron chi connectivity index (χ2n) is 7.42. The summed E-state index contributed by atoms with van der Waals surface area (Å²) in [5.41, 5.74) is 0. The van der Waals surface area contributed by atoms with Crippen LogP contribution < -0.4 is 0 Å². The zero-order chi connectivity index (χ0) is 17.9. The maximum absolute atomic E-state index is 12.6. The summed E-state index contributed by atoms with van der Waals surface area (Å²) in [7, 11) is 0. The SMILES string of the molecule is Cc1nc([C@H]2CN(C(=O)CC(C)C)CCN2C(=O)CC(C)C)n[nH]1. The Bertz CT molecular complexity index is 581. The van der Waals surface area contributed by atoms with Crippen molar-refractivity contribution in [1.29, 1.82) is 0 Å². The van der Waals surface area contributed by atoms with E-state index >= 15 is 0 Å². The van der Waals surface area contributed by atoms with E-state index < -0.39 is 0 Å². The lowest BCUT2D eigenvalue weighted by atomic mass is 10.0. The summed E-state index contributed by atoms with van der Waals surface area (Å²) in [4.78, 5) is 33.1. The minimum absolute atomic E-state index is 0.105. The number of nitrogens with one attached hydrogen (secondary N) is 1. The van der Waals surface area contributed by atoms with Crippen LogP contribution in [0.15, 0.2) is 0 Å². The summed E-state index contributed by atoms with van der Waals surface area (Å²) in [5.74, 6) is 2.17. The van der Waals surface area contributed by atoms with Crippen molar-refractivity contribution in [1.82, 2.24) is 25.0 Å². The van der Waals surface area contributed by atoms with E-state index in [4.69, 9.17) is 0 Å². The molecule has 7 heteroatoms. The number of hydrogen-bond donors (Lipinski definition) is 1. The van der Waals surface area contributed by atoms with Crippen LogP contribution in [0.3, 0.4) is 0 Å². The van der Waals surface area contributed by atoms with E-state index in [2.05, 4.69) is 15.2 Å². The normalized spacial score (nSPS) is 18.5. The molecule has 1 atom stereocenters. The van der Waals surface area contributed by atoms with E-state index in [9.17, 15) is 9.59 Å². The minimum atomic E-state index is -0.272. The molecule has 2 amide bonds. The molecule has 0 aromatic carbocycles. The fourth-order valence-electron chi connectivity index (χ4n) is 2.98. The molecule has 1 aromatic heterocycles. The summed E-state index contributed by atoms with van der Waals surface area (Å²) in [6.45, 7) is 11.6. The fraction of sp³-hybridized carbons (Fsp3) is 0.765. The second kappa shape index (κ2) is 7.77. The van der Waals surface area contributed by atoms with Gasteiger partial charge in [0, 0.05) is 32.5 Å². The molecule has 0 saturated carbocycles. The first-order valence-corrected chi connectivity index (χ1v) is 8.74. The quantitative estimate of drug-likeness (QED) is 0.891. The van der Waals surface area contributed by atoms with Crippen molar-refractivity contribution in [2.24, 2.45) is 11.8 Å². The first-order valence-electron chi connectivity index (χ1n) is 8.74. The Balaban J connectivity index is 2.18. The average Bonchev–Trinajstić information content (AvgIpc) is 2.91. The topological polar surface area (TPSA) is 82.2 Å². The number of amides is 2. The van der Waals surface area contributed by atoms with Crippen molar-refractivity contribution in [3.63, 3.8) is 0 Å². The maximum Gasteiger partial charge on any atom is 0.223 e. The Labute approximate surface area is 143 Å². The van der Waals surface area contributed by atoms with Crippen LogP contribution in [0, 0.1) is 18.8 Å². The van der Waals surface area contributed by atoms with Crippen molar-refractivity contribution in [2.45, 2.75) is 53.5 Å². The van der Waals surface area contributed by atoms with Gasteiger partial charge in [0.15, 0.2) is 5.82 Å². The predicted octanol–water partition coefficient (Wildman–Crippen LogP) is 1.92. The number of piperazine rings is 1. The zero-order valence-corrected chi connectivity index (χ0v) is 15.4. The van der Waals surface area contributed by atoms with Gasteiger partial charge in [0.25, 0.3) is 0 Å². The van der Waals surface area contributed by atoms with Crippen LogP contribution in [0.4, 0.5) is 0 Å². The molecule has 1 saturated heterocycles. The molecule has 0 aliphatic carbocycles. The summed E-state index contributed by atoms with van der Waals surface area (Å²) < 4.78 is 0. The molecule has 0 bridgehead atoms. The molecule has 0 spiro atoms. The molecule has 1 aliphatic heterocycles. The minimum Gasteiger partial charge on any atom is -0.338 e. The van der Waals surface area contributed by atoms with Crippen molar-refractivity contribution in [3.8, 4) is 0 Å². The molecule has 7 nitrogen and oxygen atoms in total. The van der Waals surface area contributed by atoms with Gasteiger partial charge in [-0.2, -0.15) is 5.10 Å². The van der Waals surface area contributed by atoms with E-state index in [-0.39, 0.29) is 17.9 Å². The lowest BCUT2D eigenvalue weighted by Gasteiger charge is -2.40. The molecule has 0 radical (unpaired) electrons. The number of nitrogens with zero attached hydrogens (tertiary/aromatic N) is 4. The number of carbonyl (C=O) groups excluding carboxylic acids is 2. The molecular weight excluding hydrogens is 306 g/mol. The molecule has 1 aromatic rings. The molecule has 2 rings (SSSR count). The van der Waals surface area contributed by atoms with E-state index in [0.717, 1.165) is 0 Å². The highest BCUT2D eigenvalue weighted by Crippen LogP contribution is 2.25. The van der Waals surface area contributed by atoms with Crippen LogP contribution in [-0.4, -0.2) is 56.4 Å². The van der Waals surface area contributed by atoms with Crippen LogP contribution in [0.25, 0.3) is 0 Å².